The Morgan fingerprint density at radius 3 is 2.00 bits per heavy atom. The topological polar surface area (TPSA) is 17.1 Å². The van der Waals surface area contributed by atoms with Crippen molar-refractivity contribution in [1.82, 2.24) is 0 Å². The number of hydrogen-bond donors (Lipinski definition) is 0. The Morgan fingerprint density at radius 2 is 2.00 bits per heavy atom. The summed E-state index contributed by atoms with van der Waals surface area (Å²) in [4.78, 5) is 9.58. The minimum atomic E-state index is -0.231. The maximum atomic E-state index is 9.58. The van der Waals surface area contributed by atoms with Crippen molar-refractivity contribution in [1.29, 1.82) is 0 Å². The van der Waals surface area contributed by atoms with Gasteiger partial charge in [-0.2, -0.15) is 19.6 Å². The van der Waals surface area contributed by atoms with Gasteiger partial charge in [0, 0.05) is 5.78 Å². The van der Waals surface area contributed by atoms with E-state index in [2.05, 4.69) is 13.5 Å². The zero-order valence-corrected chi connectivity index (χ0v) is 7.18. The summed E-state index contributed by atoms with van der Waals surface area (Å²) in [6.45, 7) is 6.15. The van der Waals surface area contributed by atoms with E-state index in [1.165, 1.54) is 6.08 Å². The van der Waals surface area contributed by atoms with Crippen molar-refractivity contribution >= 4 is 5.78 Å². The molecule has 0 amide bonds. The van der Waals surface area contributed by atoms with Gasteiger partial charge in [-0.25, -0.2) is 0 Å². The van der Waals surface area contributed by atoms with Crippen LogP contribution in [0, 0.1) is 48.2 Å². The van der Waals surface area contributed by atoms with Gasteiger partial charge in [0.1, 0.15) is 0 Å². The third-order valence-electron chi connectivity index (χ3n) is 0.228. The van der Waals surface area contributed by atoms with E-state index >= 15 is 0 Å². The normalized spacial score (nSPS) is 5.33. The average Bonchev–Trinajstić information content (AvgIpc) is 1.38. The molecule has 0 aliphatic carbocycles. The van der Waals surface area contributed by atoms with E-state index in [4.69, 9.17) is 0 Å². The summed E-state index contributed by atoms with van der Waals surface area (Å²) >= 11 is 0. The van der Waals surface area contributed by atoms with Crippen LogP contribution in [0.25, 0.3) is 0 Å². The molecule has 0 radical (unpaired) electrons. The molecule has 0 aliphatic heterocycles. The first-order valence-electron chi connectivity index (χ1n) is 1.25. The van der Waals surface area contributed by atoms with Crippen LogP contribution in [0.1, 0.15) is 0 Å². The molecule has 0 atom stereocenters. The van der Waals surface area contributed by atoms with Crippen molar-refractivity contribution < 1.29 is 46.1 Å². The number of hydrogen-bond acceptors (Lipinski definition) is 1. The van der Waals surface area contributed by atoms with Gasteiger partial charge in [0.2, 0.25) is 0 Å². The van der Waals surface area contributed by atoms with E-state index in [0.29, 0.717) is 0 Å². The molecule has 0 saturated carbocycles. The summed E-state index contributed by atoms with van der Waals surface area (Å²) in [6.07, 6.45) is 1.17. The first-order valence-corrected chi connectivity index (χ1v) is 1.25. The third kappa shape index (κ3) is 8.82. The van der Waals surface area contributed by atoms with Gasteiger partial charge in [0.25, 0.3) is 0 Å². The summed E-state index contributed by atoms with van der Waals surface area (Å²) in [5.41, 5.74) is 0. The van der Waals surface area contributed by atoms with Gasteiger partial charge in [0.15, 0.2) is 0 Å². The van der Waals surface area contributed by atoms with E-state index in [1.54, 1.807) is 0 Å². The molecule has 0 aliphatic rings. The van der Waals surface area contributed by atoms with Gasteiger partial charge >= 0.3 is 41.3 Å². The van der Waals surface area contributed by atoms with Crippen LogP contribution in [0.2, 0.25) is 0 Å². The second kappa shape index (κ2) is 5.64. The summed E-state index contributed by atoms with van der Waals surface area (Å²) in [5.74, 6) is -0.231. The smallest absolute Gasteiger partial charge is 0.333 e. The molecule has 0 unspecified atom stereocenters. The van der Waals surface area contributed by atoms with Crippen LogP contribution in [0.4, 0.5) is 0 Å². The molecule has 0 saturated heterocycles. The average molecular weight is 210 g/mol. The van der Waals surface area contributed by atoms with E-state index in [9.17, 15) is 4.79 Å². The largest absolute Gasteiger partial charge is 3.00 e. The Morgan fingerprint density at radius 1 is 1.83 bits per heavy atom. The predicted octanol–water partition coefficient (Wildman–Crippen LogP) is 0.576. The Balaban J connectivity index is 0. The molecule has 0 aromatic carbocycles. The van der Waals surface area contributed by atoms with Crippen LogP contribution in [-0.4, -0.2) is 5.78 Å². The molecule has 0 rings (SSSR count). The van der Waals surface area contributed by atoms with Gasteiger partial charge in [-0.1, -0.05) is 0 Å². The molecular formula is C4H5OPr+2. The molecule has 0 fully saturated rings. The van der Waals surface area contributed by atoms with Crippen LogP contribution in [0.15, 0.2) is 12.7 Å². The van der Waals surface area contributed by atoms with Crippen molar-refractivity contribution in [3.05, 3.63) is 19.6 Å². The molecule has 6 heavy (non-hydrogen) atoms. The predicted molar refractivity (Wildman–Crippen MR) is 20.6 cm³/mol. The van der Waals surface area contributed by atoms with Crippen LogP contribution in [-0.2, 0) is 4.79 Å². The van der Waals surface area contributed by atoms with Crippen LogP contribution < -0.4 is 0 Å². The van der Waals surface area contributed by atoms with Gasteiger partial charge in [-0.15, -0.1) is 0 Å². The molecule has 0 spiro atoms. The number of carbonyl (C=O) groups is 1. The SMILES string of the molecule is C=CC([CH2-])=O.[Pr+3]. The van der Waals surface area contributed by atoms with Crippen LogP contribution >= 0.6 is 0 Å². The second-order valence-corrected chi connectivity index (χ2v) is 0.670. The molecule has 0 heterocycles. The minimum Gasteiger partial charge on any atom is -0.333 e. The molecule has 2 heteroatoms. The summed E-state index contributed by atoms with van der Waals surface area (Å²) in [6, 6.07) is 0. The van der Waals surface area contributed by atoms with Crippen molar-refractivity contribution in [3.8, 4) is 0 Å². The molecule has 1 nitrogen and oxygen atoms in total. The third-order valence-corrected chi connectivity index (χ3v) is 0.228. The van der Waals surface area contributed by atoms with Crippen molar-refractivity contribution in [2.24, 2.45) is 0 Å². The molecule has 0 N–H and O–H groups in total. The van der Waals surface area contributed by atoms with E-state index in [0.717, 1.165) is 0 Å². The fourth-order valence-electron chi connectivity index (χ4n) is 0. The zero-order chi connectivity index (χ0) is 4.28. The second-order valence-electron chi connectivity index (χ2n) is 0.670. The quantitative estimate of drug-likeness (QED) is 0.456. The van der Waals surface area contributed by atoms with Gasteiger partial charge in [-0.05, 0) is 0 Å². The first kappa shape index (κ1) is 9.81. The van der Waals surface area contributed by atoms with Crippen molar-refractivity contribution in [3.63, 3.8) is 0 Å². The Hall–Kier alpha value is 0.644. The fourth-order valence-corrected chi connectivity index (χ4v) is 0. The molecule has 0 aromatic rings. The molecular weight excluding hydrogens is 205 g/mol. The zero-order valence-electron chi connectivity index (χ0n) is 3.48. The number of ketones is 1. The number of allylic oxidation sites excluding steroid dienone is 1. The summed E-state index contributed by atoms with van der Waals surface area (Å²) in [5, 5.41) is 0. The standard InChI is InChI=1S/C4H5O.Pr/c1-3-4(2)5;/h3H,1-2H2;/q-1;+3. The monoisotopic (exact) mass is 210 g/mol. The minimum absolute atomic E-state index is 0. The van der Waals surface area contributed by atoms with Crippen LogP contribution in [0.3, 0.4) is 0 Å². The van der Waals surface area contributed by atoms with E-state index in [1.807, 2.05) is 0 Å². The van der Waals surface area contributed by atoms with E-state index < -0.39 is 0 Å². The Bertz CT molecular complexity index is 58.6. The molecule has 0 aromatic heterocycles. The molecule has 0 bridgehead atoms. The maximum Gasteiger partial charge on any atom is 3.00 e. The summed E-state index contributed by atoms with van der Waals surface area (Å²) in [7, 11) is 0. The number of carbonyl (C=O) groups excluding carboxylic acids is 1. The van der Waals surface area contributed by atoms with Crippen LogP contribution in [0.5, 0.6) is 0 Å². The van der Waals surface area contributed by atoms with Gasteiger partial charge in [0.05, 0.1) is 0 Å². The van der Waals surface area contributed by atoms with Crippen molar-refractivity contribution in [2.75, 3.05) is 0 Å². The van der Waals surface area contributed by atoms with Gasteiger partial charge < -0.3 is 4.79 Å². The van der Waals surface area contributed by atoms with Crippen molar-refractivity contribution in [2.45, 2.75) is 0 Å². The Kier molecular flexibility index (Phi) is 9.23. The Labute approximate surface area is 70.8 Å². The summed E-state index contributed by atoms with van der Waals surface area (Å²) < 4.78 is 0. The fraction of sp³-hybridized carbons (Fsp3) is 0. The maximum absolute atomic E-state index is 9.58. The number of rotatable bonds is 1. The molecule has 28 valence electrons. The van der Waals surface area contributed by atoms with Gasteiger partial charge in [-0.3, -0.25) is 0 Å². The first-order chi connectivity index (χ1) is 2.27. The van der Waals surface area contributed by atoms with E-state index in [-0.39, 0.29) is 47.1 Å².